The van der Waals surface area contributed by atoms with Gasteiger partial charge >= 0.3 is 5.97 Å². The number of aryl methyl sites for hydroxylation is 2. The van der Waals surface area contributed by atoms with Crippen molar-refractivity contribution in [3.05, 3.63) is 99.6 Å². The highest BCUT2D eigenvalue weighted by Crippen LogP contribution is 2.28. The van der Waals surface area contributed by atoms with E-state index >= 15 is 0 Å². The molecule has 1 unspecified atom stereocenters. The van der Waals surface area contributed by atoms with Gasteiger partial charge in [0.1, 0.15) is 6.04 Å². The molecule has 3 aromatic carbocycles. The van der Waals surface area contributed by atoms with Crippen molar-refractivity contribution in [3.8, 4) is 0 Å². The first-order valence-electron chi connectivity index (χ1n) is 11.0. The number of nitrogens with one attached hydrogen (secondary N) is 1. The molecule has 7 heteroatoms. The normalized spacial score (nSPS) is 14.8. The Morgan fingerprint density at radius 2 is 1.59 bits per heavy atom. The molecule has 34 heavy (non-hydrogen) atoms. The number of hydrogen-bond donors (Lipinski definition) is 1. The molecular formula is C27H25ClN2O4. The van der Waals surface area contributed by atoms with Crippen LogP contribution in [-0.2, 0) is 27.3 Å². The van der Waals surface area contributed by atoms with Gasteiger partial charge in [-0.15, -0.1) is 0 Å². The lowest BCUT2D eigenvalue weighted by atomic mass is 9.93. The third-order valence-corrected chi connectivity index (χ3v) is 6.31. The summed E-state index contributed by atoms with van der Waals surface area (Å²) in [6, 6.07) is 19.2. The van der Waals surface area contributed by atoms with Crippen LogP contribution < -0.4 is 5.32 Å². The number of benzene rings is 3. The van der Waals surface area contributed by atoms with Crippen LogP contribution >= 0.6 is 11.6 Å². The second-order valence-electron chi connectivity index (χ2n) is 8.32. The molecule has 0 bridgehead atoms. The number of carbonyl (C=O) groups excluding carboxylic acids is 3. The van der Waals surface area contributed by atoms with Crippen molar-refractivity contribution < 1.29 is 19.1 Å². The largest absolute Gasteiger partial charge is 0.454 e. The Hall–Kier alpha value is -3.64. The van der Waals surface area contributed by atoms with Gasteiger partial charge in [0.2, 0.25) is 0 Å². The van der Waals surface area contributed by atoms with Crippen LogP contribution in [-0.4, -0.2) is 35.3 Å². The van der Waals surface area contributed by atoms with Gasteiger partial charge in [-0.25, -0.2) is 4.79 Å². The van der Waals surface area contributed by atoms with Gasteiger partial charge in [0, 0.05) is 18.7 Å². The van der Waals surface area contributed by atoms with Crippen LogP contribution in [0.1, 0.15) is 32.6 Å². The summed E-state index contributed by atoms with van der Waals surface area (Å²) >= 11 is 6.25. The Labute approximate surface area is 203 Å². The van der Waals surface area contributed by atoms with Gasteiger partial charge in [-0.1, -0.05) is 66.2 Å². The molecule has 1 N–H and O–H groups in total. The van der Waals surface area contributed by atoms with E-state index in [0.717, 1.165) is 22.3 Å². The maximum absolute atomic E-state index is 13.4. The Morgan fingerprint density at radius 3 is 2.29 bits per heavy atom. The quantitative estimate of drug-likeness (QED) is 0.541. The number of esters is 1. The highest BCUT2D eigenvalue weighted by atomic mass is 35.5. The SMILES string of the molecule is Cc1cccc(C)c1NC(=O)COC(=O)C1Cc2ccccc2CN1C(=O)c1ccccc1Cl. The van der Waals surface area contributed by atoms with Crippen LogP contribution in [0.3, 0.4) is 0 Å². The molecule has 6 nitrogen and oxygen atoms in total. The minimum Gasteiger partial charge on any atom is -0.454 e. The molecule has 0 spiro atoms. The average Bonchev–Trinajstić information content (AvgIpc) is 2.84. The Balaban J connectivity index is 1.51. The van der Waals surface area contributed by atoms with E-state index in [-0.39, 0.29) is 12.5 Å². The van der Waals surface area contributed by atoms with Crippen LogP contribution in [0.5, 0.6) is 0 Å². The highest BCUT2D eigenvalue weighted by Gasteiger charge is 2.36. The molecule has 0 saturated heterocycles. The van der Waals surface area contributed by atoms with Crippen molar-refractivity contribution >= 4 is 35.1 Å². The standard InChI is InChI=1S/C27H25ClN2O4/c1-17-8-7-9-18(2)25(17)29-24(31)16-34-27(33)23-14-19-10-3-4-11-20(19)15-30(23)26(32)21-12-5-6-13-22(21)28/h3-13,23H,14-16H2,1-2H3,(H,29,31). The lowest BCUT2D eigenvalue weighted by molar-refractivity contribution is -0.152. The number of nitrogens with zero attached hydrogens (tertiary/aromatic N) is 1. The fourth-order valence-electron chi connectivity index (χ4n) is 4.16. The van der Waals surface area contributed by atoms with E-state index in [1.807, 2.05) is 56.3 Å². The zero-order valence-corrected chi connectivity index (χ0v) is 19.8. The number of ether oxygens (including phenoxy) is 1. The lowest BCUT2D eigenvalue weighted by Gasteiger charge is -2.35. The number of hydrogen-bond acceptors (Lipinski definition) is 4. The van der Waals surface area contributed by atoms with Crippen molar-refractivity contribution in [3.63, 3.8) is 0 Å². The topological polar surface area (TPSA) is 75.7 Å². The second kappa shape index (κ2) is 10.1. The van der Waals surface area contributed by atoms with E-state index in [2.05, 4.69) is 5.32 Å². The third-order valence-electron chi connectivity index (χ3n) is 5.98. The van der Waals surface area contributed by atoms with Gasteiger partial charge in [0.15, 0.2) is 6.61 Å². The van der Waals surface area contributed by atoms with Crippen LogP contribution in [0.25, 0.3) is 0 Å². The number of fused-ring (bicyclic) bond motifs is 1. The fourth-order valence-corrected chi connectivity index (χ4v) is 4.37. The fraction of sp³-hybridized carbons (Fsp3) is 0.222. The highest BCUT2D eigenvalue weighted by molar-refractivity contribution is 6.33. The summed E-state index contributed by atoms with van der Waals surface area (Å²) < 4.78 is 5.38. The molecule has 0 fully saturated rings. The Bertz CT molecular complexity index is 1240. The van der Waals surface area contributed by atoms with Gasteiger partial charge in [-0.2, -0.15) is 0 Å². The Kier molecular flexibility index (Phi) is 6.98. The number of para-hydroxylation sites is 1. The van der Waals surface area contributed by atoms with E-state index in [1.165, 1.54) is 4.90 Å². The summed E-state index contributed by atoms with van der Waals surface area (Å²) in [6.07, 6.45) is 0.295. The van der Waals surface area contributed by atoms with E-state index < -0.39 is 24.5 Å². The summed E-state index contributed by atoms with van der Waals surface area (Å²) in [5, 5.41) is 3.12. The summed E-state index contributed by atoms with van der Waals surface area (Å²) in [5.41, 5.74) is 4.77. The average molecular weight is 477 g/mol. The first kappa shape index (κ1) is 23.5. The van der Waals surface area contributed by atoms with Crippen molar-refractivity contribution in [2.24, 2.45) is 0 Å². The van der Waals surface area contributed by atoms with E-state index in [1.54, 1.807) is 24.3 Å². The molecule has 0 saturated carbocycles. The van der Waals surface area contributed by atoms with Crippen molar-refractivity contribution in [1.82, 2.24) is 4.90 Å². The molecule has 4 rings (SSSR count). The van der Waals surface area contributed by atoms with Crippen molar-refractivity contribution in [1.29, 1.82) is 0 Å². The molecule has 1 atom stereocenters. The molecule has 1 heterocycles. The summed E-state index contributed by atoms with van der Waals surface area (Å²) in [6.45, 7) is 3.59. The monoisotopic (exact) mass is 476 g/mol. The van der Waals surface area contributed by atoms with Crippen LogP contribution in [0.4, 0.5) is 5.69 Å². The minimum atomic E-state index is -0.869. The smallest absolute Gasteiger partial charge is 0.329 e. The van der Waals surface area contributed by atoms with E-state index in [9.17, 15) is 14.4 Å². The van der Waals surface area contributed by atoms with Crippen molar-refractivity contribution in [2.45, 2.75) is 32.9 Å². The van der Waals surface area contributed by atoms with E-state index in [4.69, 9.17) is 16.3 Å². The molecule has 174 valence electrons. The molecule has 0 aliphatic carbocycles. The molecule has 0 aromatic heterocycles. The number of rotatable bonds is 5. The lowest BCUT2D eigenvalue weighted by Crippen LogP contribution is -2.49. The van der Waals surface area contributed by atoms with Gasteiger partial charge in [0.25, 0.3) is 11.8 Å². The molecule has 3 aromatic rings. The maximum atomic E-state index is 13.4. The predicted octanol–water partition coefficient (Wildman–Crippen LogP) is 4.71. The Morgan fingerprint density at radius 1 is 0.941 bits per heavy atom. The molecule has 0 radical (unpaired) electrons. The maximum Gasteiger partial charge on any atom is 0.329 e. The first-order valence-corrected chi connectivity index (χ1v) is 11.4. The third kappa shape index (κ3) is 4.97. The predicted molar refractivity (Wildman–Crippen MR) is 131 cm³/mol. The summed E-state index contributed by atoms with van der Waals surface area (Å²) in [4.78, 5) is 40.4. The number of halogens is 1. The van der Waals surface area contributed by atoms with Gasteiger partial charge in [-0.05, 0) is 48.2 Å². The molecule has 1 aliphatic rings. The second-order valence-corrected chi connectivity index (χ2v) is 8.73. The molecular weight excluding hydrogens is 452 g/mol. The zero-order valence-electron chi connectivity index (χ0n) is 19.0. The first-order chi connectivity index (χ1) is 16.3. The summed E-state index contributed by atoms with van der Waals surface area (Å²) in [7, 11) is 0. The minimum absolute atomic E-state index is 0.245. The van der Waals surface area contributed by atoms with Crippen molar-refractivity contribution in [2.75, 3.05) is 11.9 Å². The number of carbonyl (C=O) groups is 3. The molecule has 2 amide bonds. The van der Waals surface area contributed by atoms with Crippen LogP contribution in [0.2, 0.25) is 5.02 Å². The van der Waals surface area contributed by atoms with Gasteiger partial charge in [0.05, 0.1) is 10.6 Å². The summed E-state index contributed by atoms with van der Waals surface area (Å²) in [5.74, 6) is -1.43. The van der Waals surface area contributed by atoms with E-state index in [0.29, 0.717) is 22.7 Å². The van der Waals surface area contributed by atoms with Gasteiger partial charge < -0.3 is 15.0 Å². The number of anilines is 1. The number of amides is 2. The molecule has 1 aliphatic heterocycles. The zero-order chi connectivity index (χ0) is 24.2. The van der Waals surface area contributed by atoms with Crippen LogP contribution in [0.15, 0.2) is 66.7 Å². The van der Waals surface area contributed by atoms with Gasteiger partial charge in [-0.3, -0.25) is 9.59 Å². The van der Waals surface area contributed by atoms with Crippen LogP contribution in [0, 0.1) is 13.8 Å².